The minimum Gasteiger partial charge on any atom is -0.480 e. The van der Waals surface area contributed by atoms with Gasteiger partial charge in [0.05, 0.1) is 13.2 Å². The lowest BCUT2D eigenvalue weighted by Gasteiger charge is -2.20. The minimum absolute atomic E-state index is 0.157. The summed E-state index contributed by atoms with van der Waals surface area (Å²) in [6.45, 7) is 2.81. The molecule has 3 atom stereocenters. The molecule has 0 aliphatic rings. The van der Waals surface area contributed by atoms with Gasteiger partial charge in [0.15, 0.2) is 6.10 Å². The number of carbonyl (C=O) groups is 3. The molecule has 0 heterocycles. The highest BCUT2D eigenvalue weighted by Gasteiger charge is 2.28. The number of aliphatic carboxylic acids is 1. The molecule has 0 rings (SSSR count). The zero-order valence-electron chi connectivity index (χ0n) is 40.9. The molecule has 0 aromatic heterocycles. The number of carboxylic acids is 1. The highest BCUT2D eigenvalue weighted by Crippen LogP contribution is 2.43. The Kier molecular flexibility index (Phi) is 45.5. The van der Waals surface area contributed by atoms with Crippen molar-refractivity contribution in [2.24, 2.45) is 5.73 Å². The summed E-state index contributed by atoms with van der Waals surface area (Å²) in [5, 5.41) is 8.92. The quantitative estimate of drug-likeness (QED) is 0.0229. The Morgan fingerprint density at radius 1 is 0.484 bits per heavy atom. The summed E-state index contributed by atoms with van der Waals surface area (Å²) in [7, 11) is -4.72. The van der Waals surface area contributed by atoms with Crippen molar-refractivity contribution < 1.29 is 47.5 Å². The number of unbranched alkanes of at least 4 members (excludes halogenated alkanes) is 29. The highest BCUT2D eigenvalue weighted by atomic mass is 31.2. The number of rotatable bonds is 49. The standard InChI is InChI=1S/C52H96NO10P/c1-3-5-7-9-11-13-15-17-19-21-23-24-26-27-29-31-33-35-37-39-41-43-50(54)60-45-48(46-61-64(58,59)62-47-49(53)52(56)57)63-51(55)44-42-40-38-36-34-32-30-28-25-22-20-18-16-14-12-10-8-6-4-2/h12,14,17-20,48-49H,3-11,13,15-16,21-47,53H2,1-2H3,(H,56,57)(H,58,59)/b14-12+,19-17+,20-18+/t48-,49+/m1/s1. The van der Waals surface area contributed by atoms with Gasteiger partial charge in [-0.15, -0.1) is 0 Å². The number of esters is 2. The molecule has 0 aromatic carbocycles. The van der Waals surface area contributed by atoms with E-state index in [1.807, 2.05) is 0 Å². The molecule has 64 heavy (non-hydrogen) atoms. The van der Waals surface area contributed by atoms with Crippen LogP contribution in [0.2, 0.25) is 0 Å². The summed E-state index contributed by atoms with van der Waals surface area (Å²) >= 11 is 0. The molecule has 0 radical (unpaired) electrons. The average molecular weight is 926 g/mol. The predicted molar refractivity (Wildman–Crippen MR) is 263 cm³/mol. The van der Waals surface area contributed by atoms with Crippen LogP contribution in [0.5, 0.6) is 0 Å². The molecule has 374 valence electrons. The maximum absolute atomic E-state index is 12.7. The van der Waals surface area contributed by atoms with Gasteiger partial charge in [-0.1, -0.05) is 198 Å². The van der Waals surface area contributed by atoms with E-state index in [-0.39, 0.29) is 19.4 Å². The van der Waals surface area contributed by atoms with Crippen LogP contribution in [0.3, 0.4) is 0 Å². The summed E-state index contributed by atoms with van der Waals surface area (Å²) in [5.74, 6) is -2.37. The van der Waals surface area contributed by atoms with Crippen LogP contribution in [0.4, 0.5) is 0 Å². The summed E-state index contributed by atoms with van der Waals surface area (Å²) in [6.07, 6.45) is 53.4. The molecule has 0 saturated carbocycles. The Morgan fingerprint density at radius 3 is 1.27 bits per heavy atom. The van der Waals surface area contributed by atoms with E-state index in [4.69, 9.17) is 24.8 Å². The zero-order valence-corrected chi connectivity index (χ0v) is 41.8. The fourth-order valence-electron chi connectivity index (χ4n) is 7.27. The van der Waals surface area contributed by atoms with Gasteiger partial charge in [0.2, 0.25) is 0 Å². The van der Waals surface area contributed by atoms with E-state index < -0.39 is 51.1 Å². The number of carbonyl (C=O) groups excluding carboxylic acids is 2. The normalized spacial score (nSPS) is 13.8. The average Bonchev–Trinajstić information content (AvgIpc) is 3.27. The van der Waals surface area contributed by atoms with E-state index in [1.54, 1.807) is 0 Å². The number of ether oxygens (including phenoxy) is 2. The van der Waals surface area contributed by atoms with Gasteiger partial charge in [-0.25, -0.2) is 4.57 Å². The number of phosphoric acid groups is 1. The number of hydrogen-bond donors (Lipinski definition) is 3. The van der Waals surface area contributed by atoms with Crippen LogP contribution in [-0.4, -0.2) is 59.9 Å². The second-order valence-corrected chi connectivity index (χ2v) is 19.1. The van der Waals surface area contributed by atoms with Gasteiger partial charge in [-0.2, -0.15) is 0 Å². The van der Waals surface area contributed by atoms with E-state index in [9.17, 15) is 23.8 Å². The summed E-state index contributed by atoms with van der Waals surface area (Å²) in [6, 6.07) is -1.52. The van der Waals surface area contributed by atoms with Crippen molar-refractivity contribution in [3.8, 4) is 0 Å². The van der Waals surface area contributed by atoms with E-state index in [2.05, 4.69) is 54.8 Å². The Bertz CT molecular complexity index is 1220. The molecule has 0 aliphatic carbocycles. The number of nitrogens with two attached hydrogens (primary N) is 1. The van der Waals surface area contributed by atoms with Crippen molar-refractivity contribution in [3.63, 3.8) is 0 Å². The van der Waals surface area contributed by atoms with Gasteiger partial charge in [0, 0.05) is 12.8 Å². The first-order chi connectivity index (χ1) is 31.1. The molecule has 0 spiro atoms. The maximum Gasteiger partial charge on any atom is 0.472 e. The second-order valence-electron chi connectivity index (χ2n) is 17.7. The molecule has 0 saturated heterocycles. The molecule has 12 heteroatoms. The maximum atomic E-state index is 12.7. The van der Waals surface area contributed by atoms with Crippen molar-refractivity contribution in [1.29, 1.82) is 0 Å². The minimum atomic E-state index is -4.72. The van der Waals surface area contributed by atoms with Crippen LogP contribution >= 0.6 is 7.82 Å². The summed E-state index contributed by atoms with van der Waals surface area (Å²) < 4.78 is 32.9. The van der Waals surface area contributed by atoms with Gasteiger partial charge in [0.25, 0.3) is 0 Å². The van der Waals surface area contributed by atoms with Crippen LogP contribution in [0, 0.1) is 0 Å². The van der Waals surface area contributed by atoms with Gasteiger partial charge >= 0.3 is 25.7 Å². The lowest BCUT2D eigenvalue weighted by atomic mass is 10.0. The van der Waals surface area contributed by atoms with Gasteiger partial charge in [0.1, 0.15) is 12.6 Å². The van der Waals surface area contributed by atoms with Crippen molar-refractivity contribution >= 4 is 25.7 Å². The number of phosphoric ester groups is 1. The van der Waals surface area contributed by atoms with Crippen LogP contribution in [0.15, 0.2) is 36.5 Å². The van der Waals surface area contributed by atoms with Crippen LogP contribution in [0.1, 0.15) is 245 Å². The van der Waals surface area contributed by atoms with E-state index >= 15 is 0 Å². The Morgan fingerprint density at radius 2 is 0.828 bits per heavy atom. The molecule has 0 aliphatic heterocycles. The third kappa shape index (κ3) is 46.2. The Labute approximate surface area is 391 Å². The fourth-order valence-corrected chi connectivity index (χ4v) is 8.05. The second kappa shape index (κ2) is 47.2. The van der Waals surface area contributed by atoms with E-state index in [1.165, 1.54) is 154 Å². The monoisotopic (exact) mass is 926 g/mol. The molecular formula is C52H96NO10P. The first kappa shape index (κ1) is 61.7. The number of allylic oxidation sites excluding steroid dienone is 6. The molecule has 0 aromatic rings. The van der Waals surface area contributed by atoms with Crippen LogP contribution in [0.25, 0.3) is 0 Å². The summed E-state index contributed by atoms with van der Waals surface area (Å²) in [4.78, 5) is 46.2. The Balaban J connectivity index is 4.23. The third-order valence-electron chi connectivity index (χ3n) is 11.4. The molecule has 0 amide bonds. The van der Waals surface area contributed by atoms with Crippen molar-refractivity contribution in [3.05, 3.63) is 36.5 Å². The molecule has 11 nitrogen and oxygen atoms in total. The van der Waals surface area contributed by atoms with Crippen molar-refractivity contribution in [2.75, 3.05) is 19.8 Å². The van der Waals surface area contributed by atoms with E-state index in [0.29, 0.717) is 12.8 Å². The fraction of sp³-hybridized carbons (Fsp3) is 0.827. The first-order valence-electron chi connectivity index (χ1n) is 26.0. The SMILES string of the molecule is CCCCC/C=C/C/C=C/CCCCCCCCCCCC(=O)O[C@H](COC(=O)CCCCCCCCCCCCC/C=C/CCCCCCCC)COP(=O)(O)OC[C@H](N)C(=O)O. The Hall–Kier alpha value is -2.30. The molecule has 1 unspecified atom stereocenters. The predicted octanol–water partition coefficient (Wildman–Crippen LogP) is 14.7. The topological polar surface area (TPSA) is 172 Å². The van der Waals surface area contributed by atoms with E-state index in [0.717, 1.165) is 51.4 Å². The number of hydrogen-bond acceptors (Lipinski definition) is 9. The van der Waals surface area contributed by atoms with Crippen LogP contribution in [-0.2, 0) is 37.5 Å². The molecule has 0 bridgehead atoms. The largest absolute Gasteiger partial charge is 0.480 e. The van der Waals surface area contributed by atoms with Crippen molar-refractivity contribution in [2.45, 2.75) is 257 Å². The zero-order chi connectivity index (χ0) is 47.0. The molecule has 0 fully saturated rings. The molecule has 4 N–H and O–H groups in total. The van der Waals surface area contributed by atoms with Gasteiger partial charge in [-0.3, -0.25) is 23.4 Å². The highest BCUT2D eigenvalue weighted by molar-refractivity contribution is 7.47. The number of carboxylic acid groups (broad SMARTS) is 1. The molecular weight excluding hydrogens is 830 g/mol. The first-order valence-corrected chi connectivity index (χ1v) is 27.5. The smallest absolute Gasteiger partial charge is 0.472 e. The van der Waals surface area contributed by atoms with Crippen LogP contribution < -0.4 is 5.73 Å². The lowest BCUT2D eigenvalue weighted by Crippen LogP contribution is -2.34. The van der Waals surface area contributed by atoms with Gasteiger partial charge < -0.3 is 25.2 Å². The lowest BCUT2D eigenvalue weighted by molar-refractivity contribution is -0.161. The summed E-state index contributed by atoms with van der Waals surface area (Å²) in [5.41, 5.74) is 5.35. The van der Waals surface area contributed by atoms with Crippen molar-refractivity contribution in [1.82, 2.24) is 0 Å². The third-order valence-corrected chi connectivity index (χ3v) is 12.3. The van der Waals surface area contributed by atoms with Gasteiger partial charge in [-0.05, 0) is 70.6 Å².